The molecule has 2 amide bonds. The number of rotatable bonds is 3. The van der Waals surface area contributed by atoms with Crippen molar-refractivity contribution >= 4 is 45.0 Å². The Morgan fingerprint density at radius 3 is 2.69 bits per heavy atom. The van der Waals surface area contributed by atoms with E-state index in [0.29, 0.717) is 35.1 Å². The number of benzene rings is 2. The minimum atomic E-state index is -0.584. The molecule has 1 aliphatic heterocycles. The maximum atomic E-state index is 12.9. The molecule has 3 rings (SSSR count). The van der Waals surface area contributed by atoms with Crippen molar-refractivity contribution in [1.82, 2.24) is 4.90 Å². The Balaban J connectivity index is 1.85. The van der Waals surface area contributed by atoms with Crippen molar-refractivity contribution in [2.75, 3.05) is 25.1 Å². The zero-order valence-electron chi connectivity index (χ0n) is 14.4. The largest absolute Gasteiger partial charge is 0.495 e. The molecule has 0 unspecified atom stereocenters. The summed E-state index contributed by atoms with van der Waals surface area (Å²) in [5, 5.41) is 0.522. The average molecular weight is 438 g/mol. The predicted octanol–water partition coefficient (Wildman–Crippen LogP) is 3.99. The number of ether oxygens (including phenoxy) is 1. The van der Waals surface area contributed by atoms with Gasteiger partial charge in [0.2, 0.25) is 5.91 Å². The van der Waals surface area contributed by atoms with Gasteiger partial charge in [-0.25, -0.2) is 0 Å². The quantitative estimate of drug-likeness (QED) is 0.729. The molecule has 1 atom stereocenters. The van der Waals surface area contributed by atoms with Crippen LogP contribution in [0, 0.1) is 0 Å². The molecule has 7 heteroatoms. The van der Waals surface area contributed by atoms with E-state index in [4.69, 9.17) is 16.3 Å². The first kappa shape index (κ1) is 18.7. The Morgan fingerprint density at radius 2 is 2.00 bits per heavy atom. The minimum Gasteiger partial charge on any atom is -0.495 e. The van der Waals surface area contributed by atoms with Crippen molar-refractivity contribution in [3.8, 4) is 5.75 Å². The molecule has 1 saturated heterocycles. The topological polar surface area (TPSA) is 49.9 Å². The van der Waals surface area contributed by atoms with Gasteiger partial charge in [-0.1, -0.05) is 33.6 Å². The number of halogens is 2. The summed E-state index contributed by atoms with van der Waals surface area (Å²) in [5.41, 5.74) is 1.17. The molecule has 0 radical (unpaired) electrons. The van der Waals surface area contributed by atoms with E-state index < -0.39 is 6.04 Å². The van der Waals surface area contributed by atoms with E-state index in [0.717, 1.165) is 4.47 Å². The number of carbonyl (C=O) groups excluding carboxylic acids is 2. The molecule has 136 valence electrons. The van der Waals surface area contributed by atoms with E-state index in [1.165, 1.54) is 0 Å². The van der Waals surface area contributed by atoms with E-state index in [2.05, 4.69) is 15.9 Å². The molecule has 1 aliphatic rings. The second kappa shape index (κ2) is 7.68. The van der Waals surface area contributed by atoms with Gasteiger partial charge in [0, 0.05) is 28.1 Å². The highest BCUT2D eigenvalue weighted by atomic mass is 79.9. The summed E-state index contributed by atoms with van der Waals surface area (Å²) >= 11 is 9.46. The third-order valence-corrected chi connectivity index (χ3v) is 5.15. The summed E-state index contributed by atoms with van der Waals surface area (Å²) in [6.07, 6.45) is 0. The molecule has 5 nitrogen and oxygen atoms in total. The first-order valence-corrected chi connectivity index (χ1v) is 9.31. The SMILES string of the molecule is COc1ccc(Cl)cc1N1CCN(C(=O)c2cccc(Br)c2)[C@H](C)C1=O. The van der Waals surface area contributed by atoms with Gasteiger partial charge in [-0.05, 0) is 43.3 Å². The van der Waals surface area contributed by atoms with E-state index in [9.17, 15) is 9.59 Å². The number of nitrogens with zero attached hydrogens (tertiary/aromatic N) is 2. The number of piperazine rings is 1. The monoisotopic (exact) mass is 436 g/mol. The first-order chi connectivity index (χ1) is 12.4. The molecule has 1 heterocycles. The van der Waals surface area contributed by atoms with Crippen LogP contribution in [-0.4, -0.2) is 43.0 Å². The van der Waals surface area contributed by atoms with Crippen LogP contribution in [0.2, 0.25) is 5.02 Å². The molecule has 0 aromatic heterocycles. The maximum absolute atomic E-state index is 12.9. The van der Waals surface area contributed by atoms with Crippen LogP contribution in [0.4, 0.5) is 5.69 Å². The van der Waals surface area contributed by atoms with Crippen LogP contribution in [-0.2, 0) is 4.79 Å². The van der Waals surface area contributed by atoms with E-state index in [1.54, 1.807) is 60.2 Å². The number of methoxy groups -OCH3 is 1. The van der Waals surface area contributed by atoms with Gasteiger partial charge < -0.3 is 14.5 Å². The normalized spacial score (nSPS) is 17.4. The maximum Gasteiger partial charge on any atom is 0.254 e. The van der Waals surface area contributed by atoms with Crippen molar-refractivity contribution < 1.29 is 14.3 Å². The zero-order valence-corrected chi connectivity index (χ0v) is 16.8. The zero-order chi connectivity index (χ0) is 18.8. The summed E-state index contributed by atoms with van der Waals surface area (Å²) in [6, 6.07) is 11.7. The van der Waals surface area contributed by atoms with E-state index >= 15 is 0 Å². The Morgan fingerprint density at radius 1 is 1.23 bits per heavy atom. The van der Waals surface area contributed by atoms with Gasteiger partial charge in [0.25, 0.3) is 5.91 Å². The van der Waals surface area contributed by atoms with Gasteiger partial charge in [-0.2, -0.15) is 0 Å². The highest BCUT2D eigenvalue weighted by Gasteiger charge is 2.36. The Kier molecular flexibility index (Phi) is 5.53. The highest BCUT2D eigenvalue weighted by molar-refractivity contribution is 9.10. The van der Waals surface area contributed by atoms with Crippen molar-refractivity contribution in [2.45, 2.75) is 13.0 Å². The number of amides is 2. The molecule has 0 spiro atoms. The third-order valence-electron chi connectivity index (χ3n) is 4.42. The molecule has 0 saturated carbocycles. The van der Waals surface area contributed by atoms with Crippen LogP contribution < -0.4 is 9.64 Å². The predicted molar refractivity (Wildman–Crippen MR) is 105 cm³/mol. The minimum absolute atomic E-state index is 0.162. The van der Waals surface area contributed by atoms with Gasteiger partial charge in [0.05, 0.1) is 12.8 Å². The second-order valence-corrected chi connectivity index (χ2v) is 7.34. The molecule has 0 aliphatic carbocycles. The fourth-order valence-electron chi connectivity index (χ4n) is 3.05. The van der Waals surface area contributed by atoms with E-state index in [-0.39, 0.29) is 11.8 Å². The lowest BCUT2D eigenvalue weighted by atomic mass is 10.1. The van der Waals surface area contributed by atoms with Crippen LogP contribution in [0.5, 0.6) is 5.75 Å². The molecule has 0 bridgehead atoms. The van der Waals surface area contributed by atoms with Crippen LogP contribution in [0.15, 0.2) is 46.9 Å². The first-order valence-electron chi connectivity index (χ1n) is 8.14. The van der Waals surface area contributed by atoms with Crippen molar-refractivity contribution in [1.29, 1.82) is 0 Å². The van der Waals surface area contributed by atoms with Gasteiger partial charge in [-0.15, -0.1) is 0 Å². The summed E-state index contributed by atoms with van der Waals surface area (Å²) < 4.78 is 6.18. The average Bonchev–Trinajstić information content (AvgIpc) is 2.63. The highest BCUT2D eigenvalue weighted by Crippen LogP contribution is 2.33. The van der Waals surface area contributed by atoms with Crippen molar-refractivity contribution in [3.63, 3.8) is 0 Å². The molecule has 2 aromatic carbocycles. The molecule has 2 aromatic rings. The second-order valence-electron chi connectivity index (χ2n) is 5.99. The molecular formula is C19H18BrClN2O3. The van der Waals surface area contributed by atoms with Crippen LogP contribution in [0.1, 0.15) is 17.3 Å². The number of anilines is 1. The number of carbonyl (C=O) groups is 2. The van der Waals surface area contributed by atoms with Crippen LogP contribution in [0.25, 0.3) is 0 Å². The van der Waals surface area contributed by atoms with Crippen molar-refractivity contribution in [3.05, 3.63) is 57.5 Å². The van der Waals surface area contributed by atoms with E-state index in [1.807, 2.05) is 6.07 Å². The third kappa shape index (κ3) is 3.57. The van der Waals surface area contributed by atoms with Gasteiger partial charge in [-0.3, -0.25) is 9.59 Å². The summed E-state index contributed by atoms with van der Waals surface area (Å²) in [7, 11) is 1.55. The van der Waals surface area contributed by atoms with Crippen LogP contribution in [0.3, 0.4) is 0 Å². The lowest BCUT2D eigenvalue weighted by molar-refractivity contribution is -0.124. The fourth-order valence-corrected chi connectivity index (χ4v) is 3.61. The molecule has 26 heavy (non-hydrogen) atoms. The van der Waals surface area contributed by atoms with Crippen LogP contribution >= 0.6 is 27.5 Å². The summed E-state index contributed by atoms with van der Waals surface area (Å²) in [5.74, 6) is 0.242. The molecular weight excluding hydrogens is 420 g/mol. The lowest BCUT2D eigenvalue weighted by Crippen LogP contribution is -2.57. The van der Waals surface area contributed by atoms with Gasteiger partial charge >= 0.3 is 0 Å². The Bertz CT molecular complexity index is 858. The standard InChI is InChI=1S/C19H18BrClN2O3/c1-12-18(24)23(16-11-15(21)6-7-17(16)26-2)9-8-22(12)19(25)13-4-3-5-14(20)10-13/h3-7,10-12H,8-9H2,1-2H3/t12-/m1/s1. The Labute approximate surface area is 165 Å². The Hall–Kier alpha value is -2.05. The summed E-state index contributed by atoms with van der Waals surface area (Å²) in [4.78, 5) is 29.0. The smallest absolute Gasteiger partial charge is 0.254 e. The fraction of sp³-hybridized carbons (Fsp3) is 0.263. The van der Waals surface area contributed by atoms with Gasteiger partial charge in [0.15, 0.2) is 0 Å². The van der Waals surface area contributed by atoms with Crippen molar-refractivity contribution in [2.24, 2.45) is 0 Å². The molecule has 0 N–H and O–H groups in total. The number of hydrogen-bond donors (Lipinski definition) is 0. The molecule has 1 fully saturated rings. The lowest BCUT2D eigenvalue weighted by Gasteiger charge is -2.39. The van der Waals surface area contributed by atoms with Gasteiger partial charge in [0.1, 0.15) is 11.8 Å². The number of hydrogen-bond acceptors (Lipinski definition) is 3. The summed E-state index contributed by atoms with van der Waals surface area (Å²) in [6.45, 7) is 2.54.